The zero-order valence-corrected chi connectivity index (χ0v) is 15.3. The maximum atomic E-state index is 12.3. The average Bonchev–Trinajstić information content (AvgIpc) is 3.02. The molecular weight excluding hydrogens is 322 g/mol. The molecule has 0 saturated heterocycles. The molecule has 1 atom stereocenters. The van der Waals surface area contributed by atoms with Crippen molar-refractivity contribution in [2.24, 2.45) is 0 Å². The summed E-state index contributed by atoms with van der Waals surface area (Å²) in [7, 11) is 1.66. The van der Waals surface area contributed by atoms with E-state index in [1.165, 1.54) is 4.88 Å². The molecule has 1 aromatic heterocycles. The van der Waals surface area contributed by atoms with Crippen LogP contribution in [0.15, 0.2) is 36.4 Å². The smallest absolute Gasteiger partial charge is 0.251 e. The monoisotopic (exact) mass is 347 g/mol. The van der Waals surface area contributed by atoms with E-state index in [1.807, 2.05) is 18.2 Å². The maximum Gasteiger partial charge on any atom is 0.251 e. The van der Waals surface area contributed by atoms with E-state index in [1.54, 1.807) is 30.6 Å². The summed E-state index contributed by atoms with van der Waals surface area (Å²) in [6.07, 6.45) is 2.01. The number of carbonyl (C=O) groups is 1. The Morgan fingerprint density at radius 1 is 1.21 bits per heavy atom. The molecule has 24 heavy (non-hydrogen) atoms. The van der Waals surface area contributed by atoms with Crippen molar-refractivity contribution in [3.63, 3.8) is 0 Å². The molecule has 0 saturated carbocycles. The van der Waals surface area contributed by atoms with Crippen molar-refractivity contribution >= 4 is 17.2 Å². The number of amides is 1. The SMILES string of the molecule is CCCCOc1ccc(C(=O)NC[C@H](OC)c2ccc(C)s2)cc1. The molecule has 0 fully saturated rings. The Balaban J connectivity index is 1.87. The second-order valence-electron chi connectivity index (χ2n) is 5.61. The molecule has 4 nitrogen and oxygen atoms in total. The van der Waals surface area contributed by atoms with Gasteiger partial charge >= 0.3 is 0 Å². The molecule has 0 bridgehead atoms. The van der Waals surface area contributed by atoms with Crippen molar-refractivity contribution in [1.29, 1.82) is 0 Å². The van der Waals surface area contributed by atoms with Crippen LogP contribution in [0.4, 0.5) is 0 Å². The third-order valence-corrected chi connectivity index (χ3v) is 4.79. The average molecular weight is 347 g/mol. The molecule has 2 rings (SSSR count). The summed E-state index contributed by atoms with van der Waals surface area (Å²) < 4.78 is 11.1. The van der Waals surface area contributed by atoms with Crippen LogP contribution in [-0.2, 0) is 4.74 Å². The van der Waals surface area contributed by atoms with E-state index in [4.69, 9.17) is 9.47 Å². The van der Waals surface area contributed by atoms with Crippen molar-refractivity contribution in [3.05, 3.63) is 51.7 Å². The first kappa shape index (κ1) is 18.5. The topological polar surface area (TPSA) is 47.6 Å². The Morgan fingerprint density at radius 2 is 1.96 bits per heavy atom. The van der Waals surface area contributed by atoms with E-state index in [0.29, 0.717) is 18.7 Å². The molecule has 0 unspecified atom stereocenters. The fourth-order valence-corrected chi connectivity index (χ4v) is 3.21. The number of unbranched alkanes of at least 4 members (excludes halogenated alkanes) is 1. The van der Waals surface area contributed by atoms with Gasteiger partial charge in [0, 0.05) is 29.0 Å². The number of nitrogens with one attached hydrogen (secondary N) is 1. The van der Waals surface area contributed by atoms with Crippen molar-refractivity contribution in [2.45, 2.75) is 32.8 Å². The van der Waals surface area contributed by atoms with Crippen molar-refractivity contribution in [1.82, 2.24) is 5.32 Å². The number of hydrogen-bond donors (Lipinski definition) is 1. The van der Waals surface area contributed by atoms with Gasteiger partial charge in [-0.2, -0.15) is 0 Å². The molecule has 0 spiro atoms. The predicted molar refractivity (Wildman–Crippen MR) is 98.0 cm³/mol. The number of methoxy groups -OCH3 is 1. The Bertz CT molecular complexity index is 636. The molecular formula is C19H25NO3S. The zero-order chi connectivity index (χ0) is 17.4. The molecule has 130 valence electrons. The molecule has 0 aliphatic carbocycles. The highest BCUT2D eigenvalue weighted by Gasteiger charge is 2.14. The van der Waals surface area contributed by atoms with Crippen LogP contribution in [0.3, 0.4) is 0 Å². The van der Waals surface area contributed by atoms with Gasteiger partial charge in [-0.1, -0.05) is 13.3 Å². The van der Waals surface area contributed by atoms with E-state index in [9.17, 15) is 4.79 Å². The van der Waals surface area contributed by atoms with Crippen LogP contribution in [0.25, 0.3) is 0 Å². The van der Waals surface area contributed by atoms with Gasteiger partial charge in [0.1, 0.15) is 11.9 Å². The molecule has 1 amide bonds. The molecule has 5 heteroatoms. The van der Waals surface area contributed by atoms with Crippen LogP contribution in [0.5, 0.6) is 5.75 Å². The van der Waals surface area contributed by atoms with Gasteiger partial charge in [-0.15, -0.1) is 11.3 Å². The largest absolute Gasteiger partial charge is 0.494 e. The van der Waals surface area contributed by atoms with Gasteiger partial charge in [-0.25, -0.2) is 0 Å². The Morgan fingerprint density at radius 3 is 2.54 bits per heavy atom. The van der Waals surface area contributed by atoms with E-state index < -0.39 is 0 Å². The third-order valence-electron chi connectivity index (χ3n) is 3.69. The van der Waals surface area contributed by atoms with Crippen molar-refractivity contribution in [2.75, 3.05) is 20.3 Å². The minimum absolute atomic E-state index is 0.106. The molecule has 1 heterocycles. The lowest BCUT2D eigenvalue weighted by molar-refractivity contribution is 0.0837. The second-order valence-corrected chi connectivity index (χ2v) is 6.93. The first-order chi connectivity index (χ1) is 11.6. The lowest BCUT2D eigenvalue weighted by Gasteiger charge is -2.15. The number of rotatable bonds is 9. The van der Waals surface area contributed by atoms with Crippen molar-refractivity contribution < 1.29 is 14.3 Å². The Hall–Kier alpha value is -1.85. The Labute approximate surface area is 147 Å². The molecule has 1 N–H and O–H groups in total. The van der Waals surface area contributed by atoms with Crippen LogP contribution in [-0.4, -0.2) is 26.2 Å². The van der Waals surface area contributed by atoms with Crippen molar-refractivity contribution in [3.8, 4) is 5.75 Å². The highest BCUT2D eigenvalue weighted by Crippen LogP contribution is 2.24. The minimum Gasteiger partial charge on any atom is -0.494 e. The van der Waals surface area contributed by atoms with E-state index >= 15 is 0 Å². The summed E-state index contributed by atoms with van der Waals surface area (Å²) in [6, 6.07) is 11.3. The molecule has 1 aromatic carbocycles. The van der Waals surface area contributed by atoms with Gasteiger partial charge in [0.05, 0.1) is 6.61 Å². The van der Waals surface area contributed by atoms with Gasteiger partial charge in [0.25, 0.3) is 5.91 Å². The quantitative estimate of drug-likeness (QED) is 0.686. The summed E-state index contributed by atoms with van der Waals surface area (Å²) >= 11 is 1.69. The predicted octanol–water partition coefficient (Wildman–Crippen LogP) is 4.35. The summed E-state index contributed by atoms with van der Waals surface area (Å²) in [5.41, 5.74) is 0.620. The Kier molecular flexibility index (Phi) is 7.28. The standard InChI is InChI=1S/C19H25NO3S/c1-4-5-12-23-16-9-7-15(8-10-16)19(21)20-13-17(22-3)18-11-6-14(2)24-18/h6-11,17H,4-5,12-13H2,1-3H3,(H,20,21)/t17-/m0/s1. The normalized spacial score (nSPS) is 12.0. The van der Waals surface area contributed by atoms with Crippen LogP contribution in [0, 0.1) is 6.92 Å². The van der Waals surface area contributed by atoms with E-state index in [-0.39, 0.29) is 12.0 Å². The van der Waals surface area contributed by atoms with Gasteiger partial charge in [0.15, 0.2) is 0 Å². The second kappa shape index (κ2) is 9.45. The fourth-order valence-electron chi connectivity index (χ4n) is 2.25. The zero-order valence-electron chi connectivity index (χ0n) is 14.5. The number of ether oxygens (including phenoxy) is 2. The van der Waals surface area contributed by atoms with E-state index in [2.05, 4.69) is 25.2 Å². The summed E-state index contributed by atoms with van der Waals surface area (Å²) in [4.78, 5) is 14.6. The summed E-state index contributed by atoms with van der Waals surface area (Å²) in [5.74, 6) is 0.689. The number of carbonyl (C=O) groups excluding carboxylic acids is 1. The molecule has 2 aromatic rings. The minimum atomic E-state index is -0.121. The first-order valence-corrected chi connectivity index (χ1v) is 9.06. The maximum absolute atomic E-state index is 12.3. The van der Waals surface area contributed by atoms with Gasteiger partial charge in [-0.3, -0.25) is 4.79 Å². The third kappa shape index (κ3) is 5.35. The lowest BCUT2D eigenvalue weighted by Crippen LogP contribution is -2.28. The number of aryl methyl sites for hydroxylation is 1. The summed E-state index contributed by atoms with van der Waals surface area (Å²) in [6.45, 7) is 5.34. The summed E-state index contributed by atoms with van der Waals surface area (Å²) in [5, 5.41) is 2.93. The molecule has 0 aliphatic heterocycles. The number of benzene rings is 1. The first-order valence-electron chi connectivity index (χ1n) is 8.24. The highest BCUT2D eigenvalue weighted by molar-refractivity contribution is 7.12. The molecule has 0 aliphatic rings. The van der Waals surface area contributed by atoms with Gasteiger partial charge in [0.2, 0.25) is 0 Å². The lowest BCUT2D eigenvalue weighted by atomic mass is 10.2. The van der Waals surface area contributed by atoms with Crippen LogP contribution < -0.4 is 10.1 Å². The van der Waals surface area contributed by atoms with Gasteiger partial charge < -0.3 is 14.8 Å². The number of thiophene rings is 1. The molecule has 0 radical (unpaired) electrons. The van der Waals surface area contributed by atoms with Crippen LogP contribution in [0.2, 0.25) is 0 Å². The van der Waals surface area contributed by atoms with E-state index in [0.717, 1.165) is 23.5 Å². The van der Waals surface area contributed by atoms with Crippen LogP contribution >= 0.6 is 11.3 Å². The number of hydrogen-bond acceptors (Lipinski definition) is 4. The van der Waals surface area contributed by atoms with Crippen LogP contribution in [0.1, 0.15) is 46.0 Å². The highest BCUT2D eigenvalue weighted by atomic mass is 32.1. The fraction of sp³-hybridized carbons (Fsp3) is 0.421. The van der Waals surface area contributed by atoms with Gasteiger partial charge in [-0.05, 0) is 49.7 Å².